The highest BCUT2D eigenvalue weighted by Gasteiger charge is 2.53. The predicted octanol–water partition coefficient (Wildman–Crippen LogP) is 4.92. The van der Waals surface area contributed by atoms with Crippen LogP contribution in [-0.2, 0) is 33.6 Å². The Morgan fingerprint density at radius 2 is 1.54 bits per heavy atom. The average Bonchev–Trinajstić information content (AvgIpc) is 4.05. The van der Waals surface area contributed by atoms with Crippen LogP contribution in [-0.4, -0.2) is 122 Å². The van der Waals surface area contributed by atoms with Gasteiger partial charge in [-0.1, -0.05) is 79.2 Å². The summed E-state index contributed by atoms with van der Waals surface area (Å²) in [5, 5.41) is 13.9. The van der Waals surface area contributed by atoms with Gasteiger partial charge in [-0.05, 0) is 123 Å². The number of nitrogens with zero attached hydrogens (tertiary/aromatic N) is 4. The monoisotopic (exact) mass is 1050 g/mol. The number of rotatable bonds is 16. The molecule has 7 aliphatic rings. The highest BCUT2D eigenvalue weighted by atomic mass is 16.2. The summed E-state index contributed by atoms with van der Waals surface area (Å²) in [4.78, 5) is 148. The minimum absolute atomic E-state index is 0.0200. The summed E-state index contributed by atoms with van der Waals surface area (Å²) in [7, 11) is 0. The molecule has 76 heavy (non-hydrogen) atoms. The Bertz CT molecular complexity index is 2640. The smallest absolute Gasteiger partial charge is 0.289 e. The average molecular weight is 1050 g/mol. The van der Waals surface area contributed by atoms with E-state index in [9.17, 15) is 47.9 Å². The van der Waals surface area contributed by atoms with Crippen LogP contribution in [0.4, 0.5) is 0 Å². The van der Waals surface area contributed by atoms with Gasteiger partial charge in [-0.15, -0.1) is 0 Å². The van der Waals surface area contributed by atoms with Crippen molar-refractivity contribution in [2.24, 2.45) is 29.1 Å². The van der Waals surface area contributed by atoms with Gasteiger partial charge < -0.3 is 26.2 Å². The third-order valence-electron chi connectivity index (χ3n) is 17.5. The summed E-state index contributed by atoms with van der Waals surface area (Å²) in [6.45, 7) is 9.92. The molecule has 0 bridgehead atoms. The second kappa shape index (κ2) is 22.7. The molecular formula is C57H75N9O10. The third-order valence-corrected chi connectivity index (χ3v) is 17.5. The number of hydrogen-bond donors (Lipinski definition) is 5. The number of fused-ring (bicyclic) bond motifs is 2. The number of imide groups is 2. The fourth-order valence-corrected chi connectivity index (χ4v) is 13.2. The molecule has 2 saturated heterocycles. The van der Waals surface area contributed by atoms with Gasteiger partial charge in [-0.25, -0.2) is 4.98 Å². The quantitative estimate of drug-likeness (QED) is 0.0852. The lowest BCUT2D eigenvalue weighted by Crippen LogP contribution is -2.62. The van der Waals surface area contributed by atoms with E-state index in [-0.39, 0.29) is 77.6 Å². The Balaban J connectivity index is 0.860. The molecule has 4 aliphatic carbocycles. The van der Waals surface area contributed by atoms with Gasteiger partial charge in [0.05, 0.1) is 29.1 Å². The molecule has 10 atom stereocenters. The van der Waals surface area contributed by atoms with Crippen molar-refractivity contribution in [1.82, 2.24) is 46.4 Å². The highest BCUT2D eigenvalue weighted by Crippen LogP contribution is 2.45. The molecule has 1 aromatic carbocycles. The first kappa shape index (κ1) is 54.4. The van der Waals surface area contributed by atoms with E-state index in [1.165, 1.54) is 6.20 Å². The predicted molar refractivity (Wildman–Crippen MR) is 277 cm³/mol. The maximum Gasteiger partial charge on any atom is 0.289 e. The summed E-state index contributed by atoms with van der Waals surface area (Å²) < 4.78 is 0. The van der Waals surface area contributed by atoms with E-state index in [0.29, 0.717) is 25.8 Å². The molecule has 0 spiro atoms. The van der Waals surface area contributed by atoms with Gasteiger partial charge in [-0.3, -0.25) is 63.1 Å². The van der Waals surface area contributed by atoms with Crippen LogP contribution < -0.4 is 26.6 Å². The number of carbonyl (C=O) groups excluding carboxylic acids is 10. The fraction of sp³-hybridized carbons (Fsp3) is 0.649. The van der Waals surface area contributed by atoms with E-state index >= 15 is 0 Å². The minimum atomic E-state index is -1.07. The second-order valence-electron chi connectivity index (χ2n) is 23.9. The Labute approximate surface area is 444 Å². The molecule has 4 saturated carbocycles. The first-order valence-electron chi connectivity index (χ1n) is 28.1. The maximum absolute atomic E-state index is 15.0. The van der Waals surface area contributed by atoms with E-state index in [0.717, 1.165) is 93.2 Å². The van der Waals surface area contributed by atoms with Crippen LogP contribution >= 0.6 is 0 Å². The first-order chi connectivity index (χ1) is 36.3. The van der Waals surface area contributed by atoms with E-state index in [1.54, 1.807) is 23.2 Å². The minimum Gasteiger partial charge on any atom is -0.347 e. The standard InChI is InChI=1S/C57H75N9O10/c1-6-12-40(47(68)53(73)60-35-20-21-35)61-52(72)46-37-18-11-16-34(37)29-65(46)56(76)48(57(3,4)5)64-51(71)45(31-13-8-7-9-14-31)63-49(69)42-28-58-41(27-59-42)33-15-10-17-36(30(2)25-33)32-19-22-38-39(26-32)55(75)66(54(38)74)43-23-24-44(67)62-50(43)70/h19,22,26-28,30-31,33-37,40,43,45-46,48H,6-18,20-21,23-25,29H2,1-5H3,(H,60,73)(H,61,72)(H,63,69)(H,64,71)(H,62,67,70)/t30?,33?,34-,36?,37-,40-,43?,45-,46-,48+/m0/s1. The lowest BCUT2D eigenvalue weighted by Gasteiger charge is -2.38. The van der Waals surface area contributed by atoms with E-state index in [2.05, 4.69) is 38.5 Å². The zero-order valence-corrected chi connectivity index (χ0v) is 44.6. The Kier molecular flexibility index (Phi) is 16.2. The number of benzene rings is 1. The van der Waals surface area contributed by atoms with Crippen molar-refractivity contribution < 1.29 is 47.9 Å². The number of ketones is 1. The molecule has 0 radical (unpaired) electrons. The molecule has 1 aromatic heterocycles. The van der Waals surface area contributed by atoms with E-state index in [1.807, 2.05) is 33.8 Å². The summed E-state index contributed by atoms with van der Waals surface area (Å²) in [6.07, 6.45) is 15.5. The van der Waals surface area contributed by atoms with E-state index < -0.39 is 94.6 Å². The van der Waals surface area contributed by atoms with Crippen LogP contribution in [0.5, 0.6) is 0 Å². The first-order valence-corrected chi connectivity index (χ1v) is 28.1. The van der Waals surface area contributed by atoms with Gasteiger partial charge in [0.15, 0.2) is 0 Å². The molecule has 19 heteroatoms. The van der Waals surface area contributed by atoms with Crippen LogP contribution in [0.25, 0.3) is 0 Å². The van der Waals surface area contributed by atoms with Crippen LogP contribution in [0.15, 0.2) is 30.6 Å². The number of likely N-dealkylation sites (tertiary alicyclic amines) is 1. The number of Topliss-reactive ketones (excluding diaryl/α,β-unsaturated/α-hetero) is 1. The SMILES string of the molecule is CCC[C@H](NC(=O)[C@@H]1[C@H]2CCC[C@H]2CN1C(=O)[C@@H](NC(=O)[C@@H](NC(=O)c1cnc(C2CCCC(c3ccc4c(c3)C(=O)N(C3CCC(=O)NC3=O)C4=O)C(C)C2)cn1)C1CCCCC1)C(C)(C)C)C(=O)C(=O)NC1CC1. The molecule has 9 rings (SSSR count). The number of aromatic nitrogens is 2. The van der Waals surface area contributed by atoms with Gasteiger partial charge in [0.2, 0.25) is 35.3 Å². The molecule has 4 unspecified atom stereocenters. The number of hydrogen-bond acceptors (Lipinski definition) is 12. The van der Waals surface area contributed by atoms with Gasteiger partial charge in [-0.2, -0.15) is 0 Å². The van der Waals surface area contributed by atoms with Crippen LogP contribution in [0, 0.1) is 29.1 Å². The molecular weight excluding hydrogens is 971 g/mol. The summed E-state index contributed by atoms with van der Waals surface area (Å²) in [5.74, 6) is -5.54. The van der Waals surface area contributed by atoms with Crippen molar-refractivity contribution in [3.63, 3.8) is 0 Å². The van der Waals surface area contributed by atoms with Gasteiger partial charge in [0.1, 0.15) is 29.9 Å². The molecule has 9 amide bonds. The zero-order valence-electron chi connectivity index (χ0n) is 44.6. The molecule has 19 nitrogen and oxygen atoms in total. The van der Waals surface area contributed by atoms with Gasteiger partial charge >= 0.3 is 0 Å². The fourth-order valence-electron chi connectivity index (χ4n) is 13.2. The highest BCUT2D eigenvalue weighted by molar-refractivity contribution is 6.38. The van der Waals surface area contributed by atoms with Crippen molar-refractivity contribution in [3.05, 3.63) is 58.7 Å². The maximum atomic E-state index is 15.0. The zero-order chi connectivity index (χ0) is 54.2. The Hall–Kier alpha value is -6.40. The molecule has 5 N–H and O–H groups in total. The molecule has 3 aliphatic heterocycles. The summed E-state index contributed by atoms with van der Waals surface area (Å²) in [6, 6.07) is 0.303. The lowest BCUT2D eigenvalue weighted by atomic mass is 9.81. The number of nitrogens with one attached hydrogen (secondary N) is 5. The molecule has 6 fully saturated rings. The molecule has 4 heterocycles. The van der Waals surface area contributed by atoms with Crippen LogP contribution in [0.1, 0.15) is 204 Å². The normalized spacial score (nSPS) is 27.1. The lowest BCUT2D eigenvalue weighted by molar-refractivity contribution is -0.146. The summed E-state index contributed by atoms with van der Waals surface area (Å²) in [5.41, 5.74) is 1.40. The Morgan fingerprint density at radius 3 is 2.22 bits per heavy atom. The summed E-state index contributed by atoms with van der Waals surface area (Å²) >= 11 is 0. The number of carbonyl (C=O) groups is 10. The van der Waals surface area contributed by atoms with E-state index in [4.69, 9.17) is 4.98 Å². The molecule has 408 valence electrons. The third kappa shape index (κ3) is 11.5. The van der Waals surface area contributed by atoms with Crippen LogP contribution in [0.2, 0.25) is 0 Å². The van der Waals surface area contributed by atoms with Crippen molar-refractivity contribution >= 4 is 58.9 Å². The Morgan fingerprint density at radius 1 is 0.803 bits per heavy atom. The van der Waals surface area contributed by atoms with Crippen molar-refractivity contribution in [2.45, 2.75) is 198 Å². The van der Waals surface area contributed by atoms with Crippen LogP contribution in [0.3, 0.4) is 0 Å². The van der Waals surface area contributed by atoms with Crippen molar-refractivity contribution in [1.29, 1.82) is 0 Å². The van der Waals surface area contributed by atoms with Crippen molar-refractivity contribution in [2.75, 3.05) is 6.54 Å². The molecule has 2 aromatic rings. The number of amides is 9. The number of piperidine rings is 1. The van der Waals surface area contributed by atoms with Crippen molar-refractivity contribution in [3.8, 4) is 0 Å². The largest absolute Gasteiger partial charge is 0.347 e. The van der Waals surface area contributed by atoms with Gasteiger partial charge in [0.25, 0.3) is 23.6 Å². The van der Waals surface area contributed by atoms with Gasteiger partial charge in [0, 0.05) is 31.1 Å². The second-order valence-corrected chi connectivity index (χ2v) is 23.9. The topological polar surface area (TPSA) is 263 Å².